The van der Waals surface area contributed by atoms with Crippen molar-refractivity contribution in [2.45, 2.75) is 20.5 Å². The fraction of sp³-hybridized carbons (Fsp3) is 0.182. The van der Waals surface area contributed by atoms with E-state index in [1.807, 2.05) is 50.2 Å². The average Bonchev–Trinajstić information content (AvgIpc) is 2.99. The molecule has 0 aliphatic rings. The molecule has 0 bridgehead atoms. The molecule has 0 saturated heterocycles. The maximum atomic E-state index is 9.31. The molecule has 0 spiro atoms. The van der Waals surface area contributed by atoms with E-state index in [2.05, 4.69) is 42.9 Å². The molecule has 0 amide bonds. The number of halogens is 2. The van der Waals surface area contributed by atoms with Crippen molar-refractivity contribution in [1.29, 1.82) is 5.26 Å². The van der Waals surface area contributed by atoms with Gasteiger partial charge in [-0.3, -0.25) is 0 Å². The minimum Gasteiger partial charge on any atom is -0.493 e. The molecule has 0 aliphatic heterocycles. The number of nitrogens with zero attached hydrogens (tertiary/aromatic N) is 2. The van der Waals surface area contributed by atoms with Gasteiger partial charge >= 0.3 is 0 Å². The number of methoxy groups -OCH3 is 1. The number of ether oxygens (including phenoxy) is 2. The summed E-state index contributed by atoms with van der Waals surface area (Å²) < 4.78 is 18.8. The van der Waals surface area contributed by atoms with Gasteiger partial charge in [0, 0.05) is 16.3 Å². The highest BCUT2D eigenvalue weighted by Gasteiger charge is 2.14. The molecule has 5 nitrogen and oxygen atoms in total. The lowest BCUT2D eigenvalue weighted by Gasteiger charge is -2.13. The van der Waals surface area contributed by atoms with E-state index in [-0.39, 0.29) is 0 Å². The van der Waals surface area contributed by atoms with Gasteiger partial charge in [-0.1, -0.05) is 28.1 Å². The largest absolute Gasteiger partial charge is 0.493 e. The van der Waals surface area contributed by atoms with Gasteiger partial charge in [0.05, 0.1) is 11.6 Å². The zero-order valence-electron chi connectivity index (χ0n) is 16.1. The quantitative estimate of drug-likeness (QED) is 0.344. The van der Waals surface area contributed by atoms with Crippen molar-refractivity contribution in [3.8, 4) is 17.6 Å². The molecular formula is C22H18Br2N2O3. The Morgan fingerprint density at radius 2 is 1.90 bits per heavy atom. The molecule has 0 unspecified atom stereocenters. The minimum atomic E-state index is 0.299. The molecule has 1 aromatic heterocycles. The summed E-state index contributed by atoms with van der Waals surface area (Å²) in [6.07, 6.45) is 1.63. The van der Waals surface area contributed by atoms with Crippen LogP contribution in [0.2, 0.25) is 0 Å². The fourth-order valence-electron chi connectivity index (χ4n) is 2.66. The Hall–Kier alpha value is -2.56. The van der Waals surface area contributed by atoms with Crippen LogP contribution in [-0.2, 0) is 6.61 Å². The van der Waals surface area contributed by atoms with Crippen molar-refractivity contribution < 1.29 is 13.9 Å². The molecule has 0 aliphatic carbocycles. The second-order valence-corrected chi connectivity index (χ2v) is 8.05. The van der Waals surface area contributed by atoms with Crippen LogP contribution in [0.3, 0.4) is 0 Å². The van der Waals surface area contributed by atoms with Gasteiger partial charge in [0.2, 0.25) is 5.88 Å². The normalized spacial score (nSPS) is 10.9. The van der Waals surface area contributed by atoms with Crippen LogP contribution in [0.5, 0.6) is 11.5 Å². The number of hydrogen-bond acceptors (Lipinski definition) is 5. The van der Waals surface area contributed by atoms with Gasteiger partial charge in [-0.2, -0.15) is 5.26 Å². The van der Waals surface area contributed by atoms with Crippen LogP contribution >= 0.6 is 31.9 Å². The fourth-order valence-corrected chi connectivity index (χ4v) is 3.49. The summed E-state index contributed by atoms with van der Waals surface area (Å²) in [5.74, 6) is 2.16. The summed E-state index contributed by atoms with van der Waals surface area (Å²) in [6, 6.07) is 13.8. The monoisotopic (exact) mass is 516 g/mol. The van der Waals surface area contributed by atoms with E-state index in [1.54, 1.807) is 13.3 Å². The Morgan fingerprint density at radius 3 is 2.55 bits per heavy atom. The van der Waals surface area contributed by atoms with Gasteiger partial charge in [0.1, 0.15) is 24.0 Å². The SMILES string of the molecule is COc1cc(C=Nc2oc(C)c(C)c2C#N)cc(Br)c1OCc1ccc(Br)cc1. The molecular weight excluding hydrogens is 500 g/mol. The van der Waals surface area contributed by atoms with Crippen LogP contribution in [0.15, 0.2) is 54.8 Å². The summed E-state index contributed by atoms with van der Waals surface area (Å²) in [4.78, 5) is 4.34. The smallest absolute Gasteiger partial charge is 0.237 e. The third kappa shape index (κ3) is 4.89. The van der Waals surface area contributed by atoms with Crippen molar-refractivity contribution in [1.82, 2.24) is 0 Å². The molecule has 3 aromatic rings. The first-order valence-corrected chi connectivity index (χ1v) is 10.3. The minimum absolute atomic E-state index is 0.299. The van der Waals surface area contributed by atoms with E-state index in [0.29, 0.717) is 35.3 Å². The van der Waals surface area contributed by atoms with Crippen molar-refractivity contribution in [3.63, 3.8) is 0 Å². The second-order valence-electron chi connectivity index (χ2n) is 6.28. The number of rotatable bonds is 6. The summed E-state index contributed by atoms with van der Waals surface area (Å²) in [5, 5.41) is 9.31. The summed E-state index contributed by atoms with van der Waals surface area (Å²) in [5.41, 5.74) is 3.06. The van der Waals surface area contributed by atoms with E-state index < -0.39 is 0 Å². The number of aliphatic imine (C=N–C) groups is 1. The molecule has 3 rings (SSSR count). The molecule has 29 heavy (non-hydrogen) atoms. The maximum absolute atomic E-state index is 9.31. The number of nitriles is 1. The molecule has 0 N–H and O–H groups in total. The van der Waals surface area contributed by atoms with Crippen LogP contribution in [-0.4, -0.2) is 13.3 Å². The van der Waals surface area contributed by atoms with Crippen molar-refractivity contribution in [2.24, 2.45) is 4.99 Å². The Bertz CT molecular complexity index is 1100. The third-order valence-electron chi connectivity index (χ3n) is 4.36. The van der Waals surface area contributed by atoms with E-state index in [0.717, 1.165) is 25.6 Å². The number of hydrogen-bond donors (Lipinski definition) is 0. The molecule has 1 heterocycles. The van der Waals surface area contributed by atoms with Crippen molar-refractivity contribution in [3.05, 3.63) is 73.4 Å². The molecule has 0 saturated carbocycles. The zero-order chi connectivity index (χ0) is 21.0. The molecule has 2 aromatic carbocycles. The van der Waals surface area contributed by atoms with Gasteiger partial charge in [0.15, 0.2) is 11.5 Å². The molecule has 0 fully saturated rings. The third-order valence-corrected chi connectivity index (χ3v) is 5.48. The lowest BCUT2D eigenvalue weighted by atomic mass is 10.2. The lowest BCUT2D eigenvalue weighted by molar-refractivity contribution is 0.282. The van der Waals surface area contributed by atoms with E-state index in [1.165, 1.54) is 0 Å². The molecule has 7 heteroatoms. The van der Waals surface area contributed by atoms with E-state index in [4.69, 9.17) is 13.9 Å². The van der Waals surface area contributed by atoms with Gasteiger partial charge in [-0.05, 0) is 65.2 Å². The average molecular weight is 518 g/mol. The summed E-state index contributed by atoms with van der Waals surface area (Å²) >= 11 is 6.97. The highest BCUT2D eigenvalue weighted by atomic mass is 79.9. The maximum Gasteiger partial charge on any atom is 0.237 e. The Kier molecular flexibility index (Phi) is 6.78. The molecule has 0 atom stereocenters. The summed E-state index contributed by atoms with van der Waals surface area (Å²) in [7, 11) is 1.59. The predicted molar refractivity (Wildman–Crippen MR) is 119 cm³/mol. The first kappa shape index (κ1) is 21.2. The standard InChI is InChI=1S/C22H18Br2N2O3/c1-13-14(2)29-22(18(13)10-25)26-11-16-8-19(24)21(20(9-16)27-3)28-12-15-4-6-17(23)7-5-15/h4-9,11H,12H2,1-3H3. The molecule has 148 valence electrons. The Labute approximate surface area is 186 Å². The van der Waals surface area contributed by atoms with Crippen LogP contribution in [0.25, 0.3) is 0 Å². The lowest BCUT2D eigenvalue weighted by Crippen LogP contribution is -1.99. The first-order chi connectivity index (χ1) is 13.9. The van der Waals surface area contributed by atoms with Crippen LogP contribution in [0, 0.1) is 25.2 Å². The topological polar surface area (TPSA) is 67.8 Å². The zero-order valence-corrected chi connectivity index (χ0v) is 19.3. The van der Waals surface area contributed by atoms with Crippen molar-refractivity contribution in [2.75, 3.05) is 7.11 Å². The Balaban J connectivity index is 1.83. The van der Waals surface area contributed by atoms with Crippen LogP contribution < -0.4 is 9.47 Å². The first-order valence-electron chi connectivity index (χ1n) is 8.72. The van der Waals surface area contributed by atoms with Gasteiger partial charge in [-0.25, -0.2) is 4.99 Å². The van der Waals surface area contributed by atoms with Crippen molar-refractivity contribution >= 4 is 44.0 Å². The van der Waals surface area contributed by atoms with Gasteiger partial charge in [-0.15, -0.1) is 0 Å². The number of benzene rings is 2. The highest BCUT2D eigenvalue weighted by Crippen LogP contribution is 2.37. The number of furan rings is 1. The summed E-state index contributed by atoms with van der Waals surface area (Å²) in [6.45, 7) is 4.06. The predicted octanol–water partition coefficient (Wildman–Crippen LogP) is 6.63. The Morgan fingerprint density at radius 1 is 1.17 bits per heavy atom. The van der Waals surface area contributed by atoms with Crippen LogP contribution in [0.1, 0.15) is 28.0 Å². The van der Waals surface area contributed by atoms with Gasteiger partial charge < -0.3 is 13.9 Å². The second kappa shape index (κ2) is 9.29. The molecule has 0 radical (unpaired) electrons. The van der Waals surface area contributed by atoms with Gasteiger partial charge in [0.25, 0.3) is 0 Å². The number of aryl methyl sites for hydroxylation is 1. The van der Waals surface area contributed by atoms with E-state index >= 15 is 0 Å². The van der Waals surface area contributed by atoms with Crippen LogP contribution in [0.4, 0.5) is 5.88 Å². The van der Waals surface area contributed by atoms with E-state index in [9.17, 15) is 5.26 Å². The highest BCUT2D eigenvalue weighted by molar-refractivity contribution is 9.10.